The molecule has 5 nitrogen and oxygen atoms in total. The predicted molar refractivity (Wildman–Crippen MR) is 99.7 cm³/mol. The summed E-state index contributed by atoms with van der Waals surface area (Å²) in [5, 5.41) is 3.03. The summed E-state index contributed by atoms with van der Waals surface area (Å²) in [5.41, 5.74) is 1.27. The van der Waals surface area contributed by atoms with E-state index in [0.717, 1.165) is 51.9 Å². The number of benzene rings is 1. The molecular weight excluding hydrogens is 314 g/mol. The molecule has 3 rings (SSSR count). The van der Waals surface area contributed by atoms with Gasteiger partial charge in [0.1, 0.15) is 0 Å². The molecule has 2 aliphatic rings. The summed E-state index contributed by atoms with van der Waals surface area (Å²) in [6, 6.07) is 7.43. The van der Waals surface area contributed by atoms with Gasteiger partial charge in [0.15, 0.2) is 0 Å². The van der Waals surface area contributed by atoms with Crippen molar-refractivity contribution in [2.45, 2.75) is 38.5 Å². The van der Waals surface area contributed by atoms with Crippen molar-refractivity contribution < 1.29 is 9.59 Å². The van der Waals surface area contributed by atoms with Gasteiger partial charge >= 0.3 is 0 Å². The molecule has 0 radical (unpaired) electrons. The molecule has 25 heavy (non-hydrogen) atoms. The van der Waals surface area contributed by atoms with Crippen LogP contribution in [0.4, 0.5) is 5.69 Å². The molecule has 0 aromatic heterocycles. The third kappa shape index (κ3) is 4.60. The van der Waals surface area contributed by atoms with E-state index in [2.05, 4.69) is 17.3 Å². The Morgan fingerprint density at radius 2 is 1.60 bits per heavy atom. The summed E-state index contributed by atoms with van der Waals surface area (Å²) in [6.45, 7) is 3.53. The lowest BCUT2D eigenvalue weighted by molar-refractivity contribution is -0.121. The van der Waals surface area contributed by atoms with Gasteiger partial charge in [-0.3, -0.25) is 9.59 Å². The third-order valence-electron chi connectivity index (χ3n) is 5.40. The van der Waals surface area contributed by atoms with Crippen LogP contribution in [-0.2, 0) is 4.79 Å². The average molecular weight is 343 g/mol. The number of hydrogen-bond donors (Lipinski definition) is 1. The van der Waals surface area contributed by atoms with Gasteiger partial charge in [-0.05, 0) is 58.0 Å². The van der Waals surface area contributed by atoms with Gasteiger partial charge in [0.05, 0.1) is 11.3 Å². The fraction of sp³-hybridized carbons (Fsp3) is 0.600. The van der Waals surface area contributed by atoms with Crippen LogP contribution in [0.5, 0.6) is 0 Å². The molecule has 5 heteroatoms. The first-order valence-electron chi connectivity index (χ1n) is 9.53. The van der Waals surface area contributed by atoms with Crippen molar-refractivity contribution in [1.29, 1.82) is 0 Å². The Hall–Kier alpha value is -1.88. The van der Waals surface area contributed by atoms with Crippen LogP contribution >= 0.6 is 0 Å². The number of hydrogen-bond acceptors (Lipinski definition) is 3. The van der Waals surface area contributed by atoms with E-state index >= 15 is 0 Å². The maximum Gasteiger partial charge on any atom is 0.255 e. The second kappa shape index (κ2) is 8.48. The smallest absolute Gasteiger partial charge is 0.255 e. The quantitative estimate of drug-likeness (QED) is 0.918. The highest BCUT2D eigenvalue weighted by molar-refractivity contribution is 6.04. The van der Waals surface area contributed by atoms with Crippen LogP contribution in [0.1, 0.15) is 48.9 Å². The van der Waals surface area contributed by atoms with Crippen molar-refractivity contribution in [3.05, 3.63) is 29.8 Å². The second-order valence-corrected chi connectivity index (χ2v) is 7.32. The zero-order valence-corrected chi connectivity index (χ0v) is 15.2. The van der Waals surface area contributed by atoms with E-state index in [4.69, 9.17) is 0 Å². The molecule has 0 bridgehead atoms. The molecule has 1 aromatic carbocycles. The van der Waals surface area contributed by atoms with Crippen LogP contribution in [0, 0.1) is 5.92 Å². The topological polar surface area (TPSA) is 52.7 Å². The zero-order valence-electron chi connectivity index (χ0n) is 15.2. The summed E-state index contributed by atoms with van der Waals surface area (Å²) < 4.78 is 0. The molecule has 0 atom stereocenters. The molecule has 2 fully saturated rings. The Bertz CT molecular complexity index is 601. The minimum absolute atomic E-state index is 0.0394. The molecule has 0 aliphatic carbocycles. The van der Waals surface area contributed by atoms with Gasteiger partial charge in [-0.15, -0.1) is 0 Å². The first kappa shape index (κ1) is 17.9. The number of rotatable bonds is 3. The summed E-state index contributed by atoms with van der Waals surface area (Å²) >= 11 is 0. The Balaban J connectivity index is 1.69. The second-order valence-electron chi connectivity index (χ2n) is 7.32. The van der Waals surface area contributed by atoms with Crippen molar-refractivity contribution in [2.75, 3.05) is 38.5 Å². The molecule has 2 aliphatic heterocycles. The molecule has 2 heterocycles. The highest BCUT2D eigenvalue weighted by Crippen LogP contribution is 2.23. The molecule has 2 saturated heterocycles. The Labute approximate surface area is 150 Å². The highest BCUT2D eigenvalue weighted by Gasteiger charge is 2.25. The summed E-state index contributed by atoms with van der Waals surface area (Å²) in [7, 11) is 2.09. The lowest BCUT2D eigenvalue weighted by Gasteiger charge is -2.28. The zero-order chi connectivity index (χ0) is 17.6. The number of likely N-dealkylation sites (tertiary alicyclic amines) is 2. The summed E-state index contributed by atoms with van der Waals surface area (Å²) in [6.07, 6.45) is 6.28. The molecule has 2 amide bonds. The van der Waals surface area contributed by atoms with E-state index < -0.39 is 0 Å². The van der Waals surface area contributed by atoms with Gasteiger partial charge in [-0.2, -0.15) is 0 Å². The predicted octanol–water partition coefficient (Wildman–Crippen LogP) is 2.98. The summed E-state index contributed by atoms with van der Waals surface area (Å²) in [5.74, 6) is 0.128. The van der Waals surface area contributed by atoms with E-state index in [1.54, 1.807) is 0 Å². The van der Waals surface area contributed by atoms with Crippen LogP contribution in [0.2, 0.25) is 0 Å². The van der Waals surface area contributed by atoms with Gasteiger partial charge in [-0.1, -0.05) is 25.0 Å². The third-order valence-corrected chi connectivity index (χ3v) is 5.40. The van der Waals surface area contributed by atoms with Gasteiger partial charge in [0, 0.05) is 19.0 Å². The van der Waals surface area contributed by atoms with Crippen molar-refractivity contribution in [3.63, 3.8) is 0 Å². The number of anilines is 1. The van der Waals surface area contributed by atoms with Gasteiger partial charge in [0.25, 0.3) is 5.91 Å². The highest BCUT2D eigenvalue weighted by atomic mass is 16.2. The first-order valence-corrected chi connectivity index (χ1v) is 9.53. The number of nitrogens with one attached hydrogen (secondary N) is 1. The Kier molecular flexibility index (Phi) is 6.08. The standard InChI is InChI=1S/C20H29N3O2/c1-22-14-10-16(11-15-22)19(24)21-18-9-5-4-8-17(18)20(25)23-12-6-2-3-7-13-23/h4-5,8-9,16H,2-3,6-7,10-15H2,1H3,(H,21,24). The number of carbonyl (C=O) groups excluding carboxylic acids is 2. The molecule has 0 unspecified atom stereocenters. The fourth-order valence-corrected chi connectivity index (χ4v) is 3.73. The molecule has 0 saturated carbocycles. The number of para-hydroxylation sites is 1. The number of amides is 2. The fourth-order valence-electron chi connectivity index (χ4n) is 3.73. The van der Waals surface area contributed by atoms with Gasteiger partial charge in [-0.25, -0.2) is 0 Å². The molecule has 136 valence electrons. The average Bonchev–Trinajstić information content (AvgIpc) is 2.91. The first-order chi connectivity index (χ1) is 12.1. The van der Waals surface area contributed by atoms with Crippen LogP contribution in [0.15, 0.2) is 24.3 Å². The van der Waals surface area contributed by atoms with Crippen LogP contribution in [-0.4, -0.2) is 54.8 Å². The van der Waals surface area contributed by atoms with Crippen molar-refractivity contribution in [3.8, 4) is 0 Å². The van der Waals surface area contributed by atoms with E-state index in [0.29, 0.717) is 11.3 Å². The maximum atomic E-state index is 12.9. The Morgan fingerprint density at radius 1 is 0.960 bits per heavy atom. The van der Waals surface area contributed by atoms with E-state index in [1.165, 1.54) is 12.8 Å². The maximum absolute atomic E-state index is 12.9. The lowest BCUT2D eigenvalue weighted by atomic mass is 9.96. The largest absolute Gasteiger partial charge is 0.339 e. The van der Waals surface area contributed by atoms with Crippen LogP contribution < -0.4 is 5.32 Å². The molecule has 1 aromatic rings. The summed E-state index contributed by atoms with van der Waals surface area (Å²) in [4.78, 5) is 29.8. The molecule has 0 spiro atoms. The molecular formula is C20H29N3O2. The minimum atomic E-state index is 0.0394. The normalized spacial score (nSPS) is 20.1. The Morgan fingerprint density at radius 3 is 2.28 bits per heavy atom. The minimum Gasteiger partial charge on any atom is -0.339 e. The lowest BCUT2D eigenvalue weighted by Crippen LogP contribution is -2.36. The van der Waals surface area contributed by atoms with E-state index in [9.17, 15) is 9.59 Å². The number of carbonyl (C=O) groups is 2. The van der Waals surface area contributed by atoms with Gasteiger partial charge in [0.2, 0.25) is 5.91 Å². The van der Waals surface area contributed by atoms with Crippen LogP contribution in [0.25, 0.3) is 0 Å². The molecule has 1 N–H and O–H groups in total. The number of piperidine rings is 1. The monoisotopic (exact) mass is 343 g/mol. The van der Waals surface area contributed by atoms with Crippen molar-refractivity contribution in [2.24, 2.45) is 5.92 Å². The van der Waals surface area contributed by atoms with E-state index in [1.807, 2.05) is 29.2 Å². The van der Waals surface area contributed by atoms with E-state index in [-0.39, 0.29) is 17.7 Å². The SMILES string of the molecule is CN1CCC(C(=O)Nc2ccccc2C(=O)N2CCCCCC2)CC1. The van der Waals surface area contributed by atoms with Crippen molar-refractivity contribution in [1.82, 2.24) is 9.80 Å². The van der Waals surface area contributed by atoms with Gasteiger partial charge < -0.3 is 15.1 Å². The number of nitrogens with zero attached hydrogens (tertiary/aromatic N) is 2. The van der Waals surface area contributed by atoms with Crippen LogP contribution in [0.3, 0.4) is 0 Å². The van der Waals surface area contributed by atoms with Crippen molar-refractivity contribution >= 4 is 17.5 Å².